The molecule has 0 unspecified atom stereocenters. The largest absolute Gasteiger partial charge is 0.147 e. The van der Waals surface area contributed by atoms with Gasteiger partial charge in [0.2, 0.25) is 0 Å². The van der Waals surface area contributed by atoms with Crippen LogP contribution >= 0.6 is 24.8 Å². The van der Waals surface area contributed by atoms with Crippen LogP contribution in [0.25, 0.3) is 0 Å². The van der Waals surface area contributed by atoms with Crippen LogP contribution in [0.3, 0.4) is 0 Å². The maximum atomic E-state index is 4.38. The molecule has 0 amide bonds. The molecule has 0 aromatic rings. The van der Waals surface area contributed by atoms with Crippen LogP contribution in [0.4, 0.5) is 0 Å². The van der Waals surface area contributed by atoms with Crippen molar-refractivity contribution >= 4 is 24.8 Å². The zero-order valence-electron chi connectivity index (χ0n) is 2.93. The topological polar surface area (TPSA) is 9.23 Å². The minimum Gasteiger partial charge on any atom is -0.147 e. The first-order valence-corrected chi connectivity index (χ1v) is 1.91. The summed E-state index contributed by atoms with van der Waals surface area (Å²) in [6.07, 6.45) is 0. The van der Waals surface area contributed by atoms with E-state index in [9.17, 15) is 0 Å². The van der Waals surface area contributed by atoms with Crippen LogP contribution in [-0.2, 0) is 22.2 Å². The van der Waals surface area contributed by atoms with Gasteiger partial charge in [0.05, 0.1) is 0 Å². The summed E-state index contributed by atoms with van der Waals surface area (Å²) in [6.45, 7) is 0. The second-order valence-corrected chi connectivity index (χ2v) is 1.50. The Morgan fingerprint density at radius 1 is 1.40 bits per heavy atom. The second-order valence-electron chi connectivity index (χ2n) is 0.289. The minimum atomic E-state index is 0. The van der Waals surface area contributed by atoms with Gasteiger partial charge in [-0.3, -0.25) is 0 Å². The van der Waals surface area contributed by atoms with Gasteiger partial charge in [-0.25, -0.2) is 0 Å². The molecule has 0 heterocycles. The second kappa shape index (κ2) is 19.1. The quantitative estimate of drug-likeness (QED) is 0.490. The molecule has 0 spiro atoms. The fourth-order valence-electron chi connectivity index (χ4n) is 0. The van der Waals surface area contributed by atoms with Gasteiger partial charge < -0.3 is 0 Å². The van der Waals surface area contributed by atoms with Gasteiger partial charge in [-0.15, -0.1) is 24.8 Å². The standard InChI is InChI=1S/CH3O.2ClH.Zn/c1-2;;;/h1H3;2*1H;/q-1;;;+1. The van der Waals surface area contributed by atoms with Gasteiger partial charge in [-0.05, 0) is 0 Å². The number of halogens is 2. The molecule has 0 aromatic carbocycles. The van der Waals surface area contributed by atoms with Crippen molar-refractivity contribution in [3.8, 4) is 0 Å². The zero-order chi connectivity index (χ0) is 2.71. The zero-order valence-corrected chi connectivity index (χ0v) is 7.53. The molecule has 0 radical (unpaired) electrons. The average Bonchev–Trinajstić information content (AvgIpc) is 0.918. The van der Waals surface area contributed by atoms with Gasteiger partial charge in [0.25, 0.3) is 0 Å². The predicted octanol–water partition coefficient (Wildman–Crippen LogP) is 0.938. The molecule has 31 valence electrons. The Labute approximate surface area is 54.4 Å². The molecule has 1 nitrogen and oxygen atoms in total. The van der Waals surface area contributed by atoms with Crippen molar-refractivity contribution in [2.24, 2.45) is 0 Å². The summed E-state index contributed by atoms with van der Waals surface area (Å²) < 4.78 is 4.38. The van der Waals surface area contributed by atoms with Crippen LogP contribution in [0.1, 0.15) is 0 Å². The van der Waals surface area contributed by atoms with E-state index < -0.39 is 0 Å². The summed E-state index contributed by atoms with van der Waals surface area (Å²) in [4.78, 5) is 0. The number of hydrogen-bond donors (Lipinski definition) is 0. The van der Waals surface area contributed by atoms with Crippen LogP contribution in [0, 0.1) is 0 Å². The first-order valence-electron chi connectivity index (χ1n) is 0.697. The monoisotopic (exact) mass is 167 g/mol. The third-order valence-corrected chi connectivity index (χ3v) is 0. The van der Waals surface area contributed by atoms with Crippen molar-refractivity contribution in [1.82, 2.24) is 0 Å². The molecule has 0 saturated heterocycles. The van der Waals surface area contributed by atoms with E-state index in [1.165, 1.54) is 0 Å². The normalized spacial score (nSPS) is 3.80. The Morgan fingerprint density at radius 2 is 1.40 bits per heavy atom. The van der Waals surface area contributed by atoms with Crippen molar-refractivity contribution in [2.75, 3.05) is 7.11 Å². The summed E-state index contributed by atoms with van der Waals surface area (Å²) in [5.41, 5.74) is 0. The van der Waals surface area contributed by atoms with Gasteiger partial charge in [-0.1, -0.05) is 0 Å². The van der Waals surface area contributed by atoms with Crippen molar-refractivity contribution < 1.29 is 22.2 Å². The van der Waals surface area contributed by atoms with E-state index in [2.05, 4.69) is 3.56 Å². The first-order chi connectivity index (χ1) is 1.41. The molecule has 4 heteroatoms. The first kappa shape index (κ1) is 16.4. The fraction of sp³-hybridized carbons (Fsp3) is 1.00. The molecule has 0 aliphatic heterocycles. The Balaban J connectivity index is -0.0000000200. The van der Waals surface area contributed by atoms with Crippen LogP contribution < -0.4 is 0 Å². The molecule has 0 N–H and O–H groups in total. The molecular weight excluding hydrogens is 164 g/mol. The molecule has 0 aliphatic rings. The van der Waals surface area contributed by atoms with Crippen molar-refractivity contribution in [3.63, 3.8) is 0 Å². The third kappa shape index (κ3) is 38.2. The van der Waals surface area contributed by atoms with Gasteiger partial charge in [0, 0.05) is 0 Å². The van der Waals surface area contributed by atoms with Gasteiger partial charge in [0.1, 0.15) is 0 Å². The maximum Gasteiger partial charge on any atom is -0.147 e. The molecule has 0 atom stereocenters. The van der Waals surface area contributed by atoms with Crippen LogP contribution in [0.15, 0.2) is 0 Å². The van der Waals surface area contributed by atoms with Crippen LogP contribution in [0.2, 0.25) is 0 Å². The van der Waals surface area contributed by atoms with E-state index in [1.807, 2.05) is 0 Å². The van der Waals surface area contributed by atoms with Crippen molar-refractivity contribution in [2.45, 2.75) is 0 Å². The van der Waals surface area contributed by atoms with E-state index in [0.717, 1.165) is 18.7 Å². The van der Waals surface area contributed by atoms with E-state index in [-0.39, 0.29) is 24.8 Å². The number of rotatable bonds is 0. The van der Waals surface area contributed by atoms with E-state index in [0.29, 0.717) is 0 Å². The smallest absolute Gasteiger partial charge is 0.147 e. The van der Waals surface area contributed by atoms with Gasteiger partial charge in [-0.2, -0.15) is 0 Å². The van der Waals surface area contributed by atoms with Crippen LogP contribution in [-0.4, -0.2) is 7.11 Å². The molecule has 0 bridgehead atoms. The van der Waals surface area contributed by atoms with E-state index in [1.54, 1.807) is 7.11 Å². The molecular formula is CH5Cl2OZn. The molecule has 0 aliphatic carbocycles. The van der Waals surface area contributed by atoms with E-state index in [4.69, 9.17) is 0 Å². The van der Waals surface area contributed by atoms with Crippen LogP contribution in [0.5, 0.6) is 0 Å². The maximum absolute atomic E-state index is 4.38. The fourth-order valence-corrected chi connectivity index (χ4v) is 0. The summed E-state index contributed by atoms with van der Waals surface area (Å²) in [5.74, 6) is 0. The predicted molar refractivity (Wildman–Crippen MR) is 21.5 cm³/mol. The molecule has 0 aromatic heterocycles. The summed E-state index contributed by atoms with van der Waals surface area (Å²) in [6, 6.07) is 0. The summed E-state index contributed by atoms with van der Waals surface area (Å²) in [7, 11) is 1.68. The summed E-state index contributed by atoms with van der Waals surface area (Å²) in [5, 5.41) is 0. The van der Waals surface area contributed by atoms with Gasteiger partial charge >= 0.3 is 29.3 Å². The molecule has 0 fully saturated rings. The van der Waals surface area contributed by atoms with Gasteiger partial charge in [0.15, 0.2) is 0 Å². The average molecular weight is 169 g/mol. The Kier molecular flexibility index (Phi) is 62.8. The molecule has 0 saturated carbocycles. The molecule has 0 rings (SSSR count). The SMILES string of the molecule is C[O][Zn].Cl.Cl. The number of hydrogen-bond acceptors (Lipinski definition) is 1. The van der Waals surface area contributed by atoms with Crippen molar-refractivity contribution in [3.05, 3.63) is 0 Å². The summed E-state index contributed by atoms with van der Waals surface area (Å²) >= 11 is 0.944. The third-order valence-electron chi connectivity index (χ3n) is 0. The Morgan fingerprint density at radius 3 is 1.40 bits per heavy atom. The molecule has 5 heavy (non-hydrogen) atoms. The Bertz CT molecular complexity index is 9.61. The van der Waals surface area contributed by atoms with E-state index >= 15 is 0 Å². The Hall–Kier alpha value is 1.16. The minimum absolute atomic E-state index is 0. The van der Waals surface area contributed by atoms with Crippen molar-refractivity contribution in [1.29, 1.82) is 0 Å².